The van der Waals surface area contributed by atoms with E-state index in [2.05, 4.69) is 5.10 Å². The number of nitrogens with zero attached hydrogens (tertiary/aromatic N) is 3. The molecule has 176 valence electrons. The number of hydrogen-bond acceptors (Lipinski definition) is 4. The highest BCUT2D eigenvalue weighted by atomic mass is 35.5. The van der Waals surface area contributed by atoms with Crippen molar-refractivity contribution < 1.29 is 9.72 Å². The molecule has 8 nitrogen and oxygen atoms in total. The fraction of sp³-hybridized carbons (Fsp3) is 0.154. The highest BCUT2D eigenvalue weighted by Crippen LogP contribution is 2.51. The van der Waals surface area contributed by atoms with E-state index < -0.39 is 28.5 Å². The van der Waals surface area contributed by atoms with Crippen molar-refractivity contribution in [2.24, 2.45) is 0 Å². The third-order valence-electron chi connectivity index (χ3n) is 6.46. The minimum Gasteiger partial charge on any atom is -0.305 e. The van der Waals surface area contributed by atoms with Gasteiger partial charge in [0.25, 0.3) is 11.5 Å². The first-order valence-electron chi connectivity index (χ1n) is 11.0. The summed E-state index contributed by atoms with van der Waals surface area (Å²) < 4.78 is 1.40. The van der Waals surface area contributed by atoms with Crippen LogP contribution < -0.4 is 10.5 Å². The smallest absolute Gasteiger partial charge is 0.264 e. The molecule has 35 heavy (non-hydrogen) atoms. The number of nitro groups is 1. The van der Waals surface area contributed by atoms with Crippen molar-refractivity contribution in [3.8, 4) is 0 Å². The summed E-state index contributed by atoms with van der Waals surface area (Å²) in [5.74, 6) is -1.40. The molecule has 1 amide bonds. The van der Waals surface area contributed by atoms with Crippen molar-refractivity contribution in [2.75, 3.05) is 11.4 Å². The summed E-state index contributed by atoms with van der Waals surface area (Å²) in [6.45, 7) is -0.319. The van der Waals surface area contributed by atoms with Crippen LogP contribution in [0.25, 0.3) is 0 Å². The summed E-state index contributed by atoms with van der Waals surface area (Å²) in [6, 6.07) is 24.8. The molecule has 0 radical (unpaired) electrons. The van der Waals surface area contributed by atoms with Gasteiger partial charge in [0, 0.05) is 27.8 Å². The van der Waals surface area contributed by atoms with Gasteiger partial charge < -0.3 is 4.90 Å². The molecule has 0 unspecified atom stereocenters. The Morgan fingerprint density at radius 2 is 1.63 bits per heavy atom. The zero-order valence-electron chi connectivity index (χ0n) is 18.5. The molecule has 3 aromatic carbocycles. The molecule has 1 aromatic heterocycles. The number of aromatic amines is 1. The summed E-state index contributed by atoms with van der Waals surface area (Å²) in [5, 5.41) is 15.0. The third-order valence-corrected chi connectivity index (χ3v) is 6.81. The summed E-state index contributed by atoms with van der Waals surface area (Å²) >= 11 is 6.55. The molecule has 0 bridgehead atoms. The summed E-state index contributed by atoms with van der Waals surface area (Å²) in [7, 11) is 0. The molecule has 1 aliphatic rings. The van der Waals surface area contributed by atoms with Crippen LogP contribution in [0.15, 0.2) is 95.9 Å². The standard InChI is InChI=1S/C26H21ClN4O4/c27-22-12-6-4-10-19(22)21(17-31(34)35)26(30-15-14-24(32)28-30)20-11-5-7-13-23(20)29(25(26)33)16-18-8-2-1-3-9-18/h1-15,21H,16-17H2,(H,28,32)/t21-,26+/m0/s1. The lowest BCUT2D eigenvalue weighted by atomic mass is 9.75. The fourth-order valence-electron chi connectivity index (χ4n) is 5.03. The van der Waals surface area contributed by atoms with Gasteiger partial charge in [0.2, 0.25) is 6.54 Å². The van der Waals surface area contributed by atoms with E-state index in [1.807, 2.05) is 42.5 Å². The van der Waals surface area contributed by atoms with Crippen molar-refractivity contribution in [3.63, 3.8) is 0 Å². The summed E-state index contributed by atoms with van der Waals surface area (Å²) in [6.07, 6.45) is 1.47. The Kier molecular flexibility index (Phi) is 5.74. The van der Waals surface area contributed by atoms with E-state index in [0.29, 0.717) is 21.8 Å². The van der Waals surface area contributed by atoms with Gasteiger partial charge in [-0.25, -0.2) is 0 Å². The van der Waals surface area contributed by atoms with Gasteiger partial charge in [0.05, 0.1) is 18.2 Å². The number of anilines is 1. The van der Waals surface area contributed by atoms with Crippen LogP contribution in [0, 0.1) is 10.1 Å². The number of para-hydroxylation sites is 1. The molecule has 4 aromatic rings. The average molecular weight is 489 g/mol. The second-order valence-corrected chi connectivity index (χ2v) is 8.82. The largest absolute Gasteiger partial charge is 0.305 e. The van der Waals surface area contributed by atoms with E-state index in [4.69, 9.17) is 11.6 Å². The number of benzene rings is 3. The van der Waals surface area contributed by atoms with Gasteiger partial charge >= 0.3 is 0 Å². The van der Waals surface area contributed by atoms with Gasteiger partial charge in [-0.1, -0.05) is 78.3 Å². The van der Waals surface area contributed by atoms with E-state index in [9.17, 15) is 19.7 Å². The predicted octanol–water partition coefficient (Wildman–Crippen LogP) is 4.18. The maximum atomic E-state index is 14.5. The minimum absolute atomic E-state index is 0.262. The maximum Gasteiger partial charge on any atom is 0.264 e. The van der Waals surface area contributed by atoms with Gasteiger partial charge in [-0.15, -0.1) is 0 Å². The molecule has 0 saturated carbocycles. The van der Waals surface area contributed by atoms with Crippen LogP contribution in [0.4, 0.5) is 5.69 Å². The van der Waals surface area contributed by atoms with Crippen LogP contribution in [0.2, 0.25) is 5.02 Å². The number of carbonyl (C=O) groups is 1. The Labute approximate surface area is 205 Å². The monoisotopic (exact) mass is 488 g/mol. The molecule has 0 aliphatic carbocycles. The van der Waals surface area contributed by atoms with Crippen molar-refractivity contribution in [1.82, 2.24) is 9.78 Å². The minimum atomic E-state index is -1.63. The lowest BCUT2D eigenvalue weighted by Crippen LogP contribution is -2.52. The number of fused-ring (bicyclic) bond motifs is 1. The molecule has 0 saturated heterocycles. The molecule has 0 fully saturated rings. The normalized spacial score (nSPS) is 17.9. The van der Waals surface area contributed by atoms with Crippen LogP contribution in [0.3, 0.4) is 0 Å². The highest BCUT2D eigenvalue weighted by molar-refractivity contribution is 6.31. The molecule has 9 heteroatoms. The van der Waals surface area contributed by atoms with Crippen molar-refractivity contribution in [3.05, 3.63) is 133 Å². The second kappa shape index (κ2) is 8.88. The van der Waals surface area contributed by atoms with Crippen LogP contribution in [0.5, 0.6) is 0 Å². The van der Waals surface area contributed by atoms with Gasteiger partial charge in [0.1, 0.15) is 0 Å². The Hall–Kier alpha value is -4.17. The number of H-pyrrole nitrogens is 1. The van der Waals surface area contributed by atoms with Crippen LogP contribution >= 0.6 is 11.6 Å². The molecular formula is C26H21ClN4O4. The predicted molar refractivity (Wildman–Crippen MR) is 132 cm³/mol. The van der Waals surface area contributed by atoms with Crippen LogP contribution in [0.1, 0.15) is 22.6 Å². The maximum absolute atomic E-state index is 14.5. The van der Waals surface area contributed by atoms with Crippen LogP contribution in [-0.2, 0) is 16.9 Å². The molecule has 2 atom stereocenters. The first kappa shape index (κ1) is 22.6. The Bertz CT molecular complexity index is 1470. The number of halogens is 1. The molecule has 2 heterocycles. The van der Waals surface area contributed by atoms with Crippen molar-refractivity contribution in [2.45, 2.75) is 18.0 Å². The molecular weight excluding hydrogens is 468 g/mol. The first-order valence-corrected chi connectivity index (χ1v) is 11.4. The Balaban J connectivity index is 1.81. The van der Waals surface area contributed by atoms with Gasteiger partial charge in [-0.3, -0.25) is 29.5 Å². The second-order valence-electron chi connectivity index (χ2n) is 8.41. The van der Waals surface area contributed by atoms with E-state index in [1.165, 1.54) is 16.9 Å². The Morgan fingerprint density at radius 3 is 2.31 bits per heavy atom. The third kappa shape index (κ3) is 3.72. The van der Waals surface area contributed by atoms with E-state index >= 15 is 0 Å². The quantitative estimate of drug-likeness (QED) is 0.311. The summed E-state index contributed by atoms with van der Waals surface area (Å²) in [5.41, 5.74) is 0.471. The van der Waals surface area contributed by atoms with Gasteiger partial charge in [-0.2, -0.15) is 0 Å². The first-order chi connectivity index (χ1) is 16.9. The number of nitrogens with one attached hydrogen (secondary N) is 1. The number of hydrogen-bond donors (Lipinski definition) is 1. The Morgan fingerprint density at radius 1 is 0.943 bits per heavy atom. The number of carbonyl (C=O) groups excluding carboxylic acids is 1. The van der Waals surface area contributed by atoms with E-state index in [-0.39, 0.29) is 12.5 Å². The lowest BCUT2D eigenvalue weighted by molar-refractivity contribution is -0.485. The average Bonchev–Trinajstić information content (AvgIpc) is 3.39. The number of amides is 1. The van der Waals surface area contributed by atoms with Crippen molar-refractivity contribution in [1.29, 1.82) is 0 Å². The van der Waals surface area contributed by atoms with Gasteiger partial charge in [-0.05, 0) is 23.3 Å². The number of aromatic nitrogens is 2. The lowest BCUT2D eigenvalue weighted by Gasteiger charge is -2.36. The summed E-state index contributed by atoms with van der Waals surface area (Å²) in [4.78, 5) is 39.9. The molecule has 1 aliphatic heterocycles. The van der Waals surface area contributed by atoms with Crippen LogP contribution in [-0.4, -0.2) is 27.2 Å². The van der Waals surface area contributed by atoms with Crippen molar-refractivity contribution >= 4 is 23.2 Å². The zero-order chi connectivity index (χ0) is 24.6. The van der Waals surface area contributed by atoms with E-state index in [0.717, 1.165) is 5.56 Å². The topological polar surface area (TPSA) is 101 Å². The highest BCUT2D eigenvalue weighted by Gasteiger charge is 2.59. The van der Waals surface area contributed by atoms with E-state index in [1.54, 1.807) is 41.3 Å². The SMILES string of the molecule is O=C1N(Cc2ccccc2)c2ccccc2[C@]1([C@@H](C[N+](=O)[O-])c1ccccc1Cl)n1ccc(=O)[nH]1. The van der Waals surface area contributed by atoms with Gasteiger partial charge in [0.15, 0.2) is 5.54 Å². The molecule has 0 spiro atoms. The fourth-order valence-corrected chi connectivity index (χ4v) is 5.29. The zero-order valence-corrected chi connectivity index (χ0v) is 19.3. The number of rotatable bonds is 7. The molecule has 5 rings (SSSR count). The molecule has 1 N–H and O–H groups in total.